The van der Waals surface area contributed by atoms with Crippen LogP contribution in [0.1, 0.15) is 53.4 Å². The number of imidazole rings is 1. The summed E-state index contributed by atoms with van der Waals surface area (Å²) in [5, 5.41) is 0.750. The average molecular weight is 676 g/mol. The van der Waals surface area contributed by atoms with Crippen LogP contribution in [0.25, 0.3) is 0 Å². The van der Waals surface area contributed by atoms with Crippen molar-refractivity contribution >= 4 is 43.5 Å². The molecular weight excluding hydrogens is 640 g/mol. The van der Waals surface area contributed by atoms with Gasteiger partial charge in [-0.25, -0.2) is 17.7 Å². The van der Waals surface area contributed by atoms with Gasteiger partial charge in [0, 0.05) is 74.6 Å². The maximum atomic E-state index is 13.3. The van der Waals surface area contributed by atoms with Gasteiger partial charge < -0.3 is 9.47 Å². The fourth-order valence-electron chi connectivity index (χ4n) is 6.60. The van der Waals surface area contributed by atoms with Gasteiger partial charge >= 0.3 is 0 Å². The Hall–Kier alpha value is -2.31. The SMILES string of the molecule is Cn1cnc(CS(=O)(=O)N2CCC(CC(=O)N3CCN([C@@H]4c5ccc(Cl)cc5CCc5cc(Br)cnc54)CC3)CC2)c1. The van der Waals surface area contributed by atoms with E-state index in [4.69, 9.17) is 16.6 Å². The molecule has 9 nitrogen and oxygen atoms in total. The summed E-state index contributed by atoms with van der Waals surface area (Å²) in [4.78, 5) is 26.8. The maximum absolute atomic E-state index is 13.3. The van der Waals surface area contributed by atoms with Gasteiger partial charge in [0.25, 0.3) is 0 Å². The van der Waals surface area contributed by atoms with Gasteiger partial charge in [0.2, 0.25) is 15.9 Å². The van der Waals surface area contributed by atoms with Gasteiger partial charge in [-0.1, -0.05) is 17.7 Å². The number of hydrogen-bond acceptors (Lipinski definition) is 6. The number of piperidine rings is 1. The van der Waals surface area contributed by atoms with Crippen molar-refractivity contribution in [2.75, 3.05) is 39.3 Å². The van der Waals surface area contributed by atoms with Gasteiger partial charge in [0.15, 0.2) is 0 Å². The number of carbonyl (C=O) groups is 1. The summed E-state index contributed by atoms with van der Waals surface area (Å²) in [5.74, 6) is 0.280. The molecule has 12 heteroatoms. The van der Waals surface area contributed by atoms with Crippen LogP contribution >= 0.6 is 27.5 Å². The van der Waals surface area contributed by atoms with E-state index >= 15 is 0 Å². The van der Waals surface area contributed by atoms with Gasteiger partial charge in [-0.3, -0.25) is 14.7 Å². The number of pyridine rings is 1. The van der Waals surface area contributed by atoms with Crippen LogP contribution in [-0.2, 0) is 40.5 Å². The third-order valence-corrected chi connectivity index (χ3v) is 11.3. The van der Waals surface area contributed by atoms with Gasteiger partial charge in [-0.05, 0) is 82.4 Å². The van der Waals surface area contributed by atoms with E-state index in [0.717, 1.165) is 41.1 Å². The molecule has 0 unspecified atom stereocenters. The minimum Gasteiger partial charge on any atom is -0.340 e. The molecule has 0 bridgehead atoms. The normalized spacial score (nSPS) is 20.6. The Morgan fingerprint density at radius 2 is 1.76 bits per heavy atom. The number of fused-ring (bicyclic) bond motifs is 2. The first-order chi connectivity index (χ1) is 20.2. The number of sulfonamides is 1. The molecule has 0 N–H and O–H groups in total. The molecule has 1 atom stereocenters. The van der Waals surface area contributed by atoms with E-state index in [2.05, 4.69) is 44.0 Å². The molecule has 224 valence electrons. The lowest BCUT2D eigenvalue weighted by Crippen LogP contribution is -2.50. The number of aromatic nitrogens is 3. The predicted molar refractivity (Wildman–Crippen MR) is 166 cm³/mol. The van der Waals surface area contributed by atoms with E-state index in [0.29, 0.717) is 51.1 Å². The molecule has 2 aromatic heterocycles. The van der Waals surface area contributed by atoms with Crippen molar-refractivity contribution in [3.05, 3.63) is 80.6 Å². The Balaban J connectivity index is 1.06. The van der Waals surface area contributed by atoms with Gasteiger partial charge in [0.1, 0.15) is 5.75 Å². The topological polar surface area (TPSA) is 91.6 Å². The van der Waals surface area contributed by atoms with Crippen molar-refractivity contribution < 1.29 is 13.2 Å². The number of benzene rings is 1. The van der Waals surface area contributed by atoms with Gasteiger partial charge in [0.05, 0.1) is 23.8 Å². The molecule has 2 aliphatic heterocycles. The summed E-state index contributed by atoms with van der Waals surface area (Å²) in [6.07, 6.45) is 8.93. The second-order valence-corrected chi connectivity index (χ2v) is 15.0. The Morgan fingerprint density at radius 1 is 1.02 bits per heavy atom. The third kappa shape index (κ3) is 6.45. The van der Waals surface area contributed by atoms with Crippen molar-refractivity contribution in [1.29, 1.82) is 0 Å². The summed E-state index contributed by atoms with van der Waals surface area (Å²) < 4.78 is 30.1. The highest BCUT2D eigenvalue weighted by molar-refractivity contribution is 9.10. The standard InChI is InChI=1S/C30H36BrClN6O3S/c1-35-18-26(34-20-35)19-42(40,41)38-8-6-21(7-9-38)14-28(39)36-10-12-37(13-11-36)30-27-5-4-25(32)16-22(27)2-3-23-15-24(31)17-33-29(23)30/h4-5,15-18,20-21,30H,2-3,6-14,19H2,1H3/t30-/m1/s1. The van der Waals surface area contributed by atoms with Crippen molar-refractivity contribution in [3.63, 3.8) is 0 Å². The van der Waals surface area contributed by atoms with Crippen LogP contribution in [0, 0.1) is 5.92 Å². The van der Waals surface area contributed by atoms with E-state index in [-0.39, 0.29) is 23.6 Å². The van der Waals surface area contributed by atoms with Crippen LogP contribution in [0.15, 0.2) is 47.5 Å². The fourth-order valence-corrected chi connectivity index (χ4v) is 8.64. The predicted octanol–water partition coefficient (Wildman–Crippen LogP) is 4.20. The number of carbonyl (C=O) groups excluding carboxylic acids is 1. The highest BCUT2D eigenvalue weighted by Gasteiger charge is 2.35. The van der Waals surface area contributed by atoms with Crippen LogP contribution < -0.4 is 0 Å². The largest absolute Gasteiger partial charge is 0.340 e. The van der Waals surface area contributed by atoms with E-state index in [9.17, 15) is 13.2 Å². The summed E-state index contributed by atoms with van der Waals surface area (Å²) in [6.45, 7) is 3.77. The molecule has 1 aromatic carbocycles. The quantitative estimate of drug-likeness (QED) is 0.389. The van der Waals surface area contributed by atoms with Crippen LogP contribution in [0.2, 0.25) is 5.02 Å². The zero-order valence-electron chi connectivity index (χ0n) is 23.8. The molecule has 3 aliphatic rings. The molecule has 4 heterocycles. The molecule has 6 rings (SSSR count). The van der Waals surface area contributed by atoms with Crippen LogP contribution in [0.5, 0.6) is 0 Å². The summed E-state index contributed by atoms with van der Waals surface area (Å²) in [6, 6.07) is 8.39. The van der Waals surface area contributed by atoms with Crippen LogP contribution in [-0.4, -0.2) is 82.2 Å². The Morgan fingerprint density at radius 3 is 2.48 bits per heavy atom. The fraction of sp³-hybridized carbons (Fsp3) is 0.500. The number of amides is 1. The first kappa shape index (κ1) is 29.7. The van der Waals surface area contributed by atoms with Crippen molar-refractivity contribution in [1.82, 2.24) is 28.6 Å². The maximum Gasteiger partial charge on any atom is 0.222 e. The highest BCUT2D eigenvalue weighted by atomic mass is 79.9. The number of hydrogen-bond donors (Lipinski definition) is 0. The van der Waals surface area contributed by atoms with Crippen molar-refractivity contribution in [2.24, 2.45) is 13.0 Å². The number of aryl methyl sites for hydroxylation is 3. The number of halogens is 2. The van der Waals surface area contributed by atoms with E-state index < -0.39 is 10.0 Å². The zero-order valence-corrected chi connectivity index (χ0v) is 26.9. The van der Waals surface area contributed by atoms with Gasteiger partial charge in [-0.15, -0.1) is 0 Å². The van der Waals surface area contributed by atoms with Gasteiger partial charge in [-0.2, -0.15) is 0 Å². The molecular formula is C30H36BrClN6O3S. The Kier molecular flexibility index (Phi) is 8.75. The number of rotatable bonds is 6. The minimum absolute atomic E-state index is 0.0254. The third-order valence-electron chi connectivity index (χ3n) is 8.84. The Bertz CT molecular complexity index is 1510. The smallest absolute Gasteiger partial charge is 0.222 e. The average Bonchev–Trinajstić information content (AvgIpc) is 3.30. The lowest BCUT2D eigenvalue weighted by molar-refractivity contribution is -0.134. The molecule has 0 radical (unpaired) electrons. The monoisotopic (exact) mass is 674 g/mol. The Labute approximate surface area is 261 Å². The first-order valence-electron chi connectivity index (χ1n) is 14.6. The number of piperazine rings is 1. The number of nitrogens with zero attached hydrogens (tertiary/aromatic N) is 6. The van der Waals surface area contributed by atoms with Crippen molar-refractivity contribution in [3.8, 4) is 0 Å². The first-order valence-corrected chi connectivity index (χ1v) is 17.3. The van der Waals surface area contributed by atoms with Crippen LogP contribution in [0.3, 0.4) is 0 Å². The molecule has 2 saturated heterocycles. The zero-order chi connectivity index (χ0) is 29.4. The lowest BCUT2D eigenvalue weighted by atomic mass is 9.93. The molecule has 1 aliphatic carbocycles. The molecule has 3 aromatic rings. The minimum atomic E-state index is -3.42. The van der Waals surface area contributed by atoms with Crippen LogP contribution in [0.4, 0.5) is 0 Å². The molecule has 0 saturated carbocycles. The molecule has 2 fully saturated rings. The second kappa shape index (κ2) is 12.4. The molecule has 1 amide bonds. The summed E-state index contributed by atoms with van der Waals surface area (Å²) in [7, 11) is -1.59. The molecule has 42 heavy (non-hydrogen) atoms. The highest BCUT2D eigenvalue weighted by Crippen LogP contribution is 2.38. The molecule has 0 spiro atoms. The van der Waals surface area contributed by atoms with E-state index in [1.54, 1.807) is 21.4 Å². The lowest BCUT2D eigenvalue weighted by Gasteiger charge is -2.40. The van der Waals surface area contributed by atoms with Crippen molar-refractivity contribution in [2.45, 2.75) is 43.9 Å². The summed E-state index contributed by atoms with van der Waals surface area (Å²) in [5.41, 5.74) is 5.39. The second-order valence-electron chi connectivity index (χ2n) is 11.7. The summed E-state index contributed by atoms with van der Waals surface area (Å²) >= 11 is 9.97. The van der Waals surface area contributed by atoms with E-state index in [1.807, 2.05) is 24.2 Å². The van der Waals surface area contributed by atoms with E-state index in [1.165, 1.54) is 16.7 Å².